The molecule has 26 heavy (non-hydrogen) atoms. The van der Waals surface area contributed by atoms with E-state index in [4.69, 9.17) is 0 Å². The number of aromatic nitrogens is 3. The number of phenols is 1. The summed E-state index contributed by atoms with van der Waals surface area (Å²) in [6.45, 7) is 2.74. The van der Waals surface area contributed by atoms with Crippen LogP contribution in [0.15, 0.2) is 54.7 Å². The van der Waals surface area contributed by atoms with Gasteiger partial charge in [0.1, 0.15) is 11.6 Å². The minimum absolute atomic E-state index is 0.260. The third kappa shape index (κ3) is 3.75. The standard InChI is InChI=1S/C20H21FN4O/c21-17-4-6-19(7-5-17)25-14-18(22-23-25)13-24-10-8-15(9-11-24)16-2-1-3-20(26)12-16/h1-7,12,14-15,26H,8-11,13H2. The first-order chi connectivity index (χ1) is 12.7. The predicted octanol–water partition coefficient (Wildman–Crippen LogP) is 3.49. The fourth-order valence-electron chi connectivity index (χ4n) is 3.52. The van der Waals surface area contributed by atoms with Crippen molar-refractivity contribution >= 4 is 0 Å². The smallest absolute Gasteiger partial charge is 0.123 e. The molecule has 1 fully saturated rings. The van der Waals surface area contributed by atoms with Gasteiger partial charge in [0.15, 0.2) is 0 Å². The summed E-state index contributed by atoms with van der Waals surface area (Å²) in [6, 6.07) is 13.8. The minimum Gasteiger partial charge on any atom is -0.508 e. The van der Waals surface area contributed by atoms with E-state index in [1.807, 2.05) is 18.3 Å². The van der Waals surface area contributed by atoms with Gasteiger partial charge in [-0.05, 0) is 73.8 Å². The highest BCUT2D eigenvalue weighted by Gasteiger charge is 2.21. The predicted molar refractivity (Wildman–Crippen MR) is 96.7 cm³/mol. The van der Waals surface area contributed by atoms with Crippen molar-refractivity contribution in [2.24, 2.45) is 0 Å². The largest absolute Gasteiger partial charge is 0.508 e. The molecule has 0 aliphatic carbocycles. The topological polar surface area (TPSA) is 54.2 Å². The second-order valence-corrected chi connectivity index (χ2v) is 6.78. The fourth-order valence-corrected chi connectivity index (χ4v) is 3.52. The van der Waals surface area contributed by atoms with Crippen molar-refractivity contribution in [1.82, 2.24) is 19.9 Å². The number of hydrogen-bond donors (Lipinski definition) is 1. The van der Waals surface area contributed by atoms with Gasteiger partial charge in [0.2, 0.25) is 0 Å². The lowest BCUT2D eigenvalue weighted by molar-refractivity contribution is 0.202. The minimum atomic E-state index is -0.260. The third-order valence-corrected chi connectivity index (χ3v) is 4.95. The van der Waals surface area contributed by atoms with Crippen LogP contribution in [0.25, 0.3) is 5.69 Å². The summed E-state index contributed by atoms with van der Waals surface area (Å²) < 4.78 is 14.7. The number of halogens is 1. The maximum atomic E-state index is 13.0. The van der Waals surface area contributed by atoms with Crippen molar-refractivity contribution in [2.75, 3.05) is 13.1 Å². The Morgan fingerprint density at radius 3 is 2.58 bits per heavy atom. The van der Waals surface area contributed by atoms with Crippen LogP contribution in [0.1, 0.15) is 30.0 Å². The van der Waals surface area contributed by atoms with Crippen LogP contribution < -0.4 is 0 Å². The van der Waals surface area contributed by atoms with E-state index < -0.39 is 0 Å². The summed E-state index contributed by atoms with van der Waals surface area (Å²) in [5, 5.41) is 18.0. The first-order valence-corrected chi connectivity index (χ1v) is 8.86. The highest BCUT2D eigenvalue weighted by atomic mass is 19.1. The van der Waals surface area contributed by atoms with E-state index in [0.29, 0.717) is 11.7 Å². The normalized spacial score (nSPS) is 16.0. The van der Waals surface area contributed by atoms with Gasteiger partial charge in [0.25, 0.3) is 0 Å². The number of benzene rings is 2. The molecule has 1 aliphatic heterocycles. The molecule has 0 spiro atoms. The zero-order valence-corrected chi connectivity index (χ0v) is 14.4. The Bertz CT molecular complexity index is 870. The van der Waals surface area contributed by atoms with Crippen molar-refractivity contribution in [3.05, 3.63) is 71.8 Å². The number of aromatic hydroxyl groups is 1. The van der Waals surface area contributed by atoms with E-state index >= 15 is 0 Å². The molecule has 5 nitrogen and oxygen atoms in total. The summed E-state index contributed by atoms with van der Waals surface area (Å²) in [7, 11) is 0. The van der Waals surface area contributed by atoms with Gasteiger partial charge < -0.3 is 5.11 Å². The molecule has 4 rings (SSSR count). The Kier molecular flexibility index (Phi) is 4.67. The first-order valence-electron chi connectivity index (χ1n) is 8.86. The summed E-state index contributed by atoms with van der Waals surface area (Å²) >= 11 is 0. The Labute approximate surface area is 151 Å². The molecule has 6 heteroatoms. The quantitative estimate of drug-likeness (QED) is 0.781. The van der Waals surface area contributed by atoms with Crippen LogP contribution in [-0.2, 0) is 6.54 Å². The van der Waals surface area contributed by atoms with Gasteiger partial charge in [-0.15, -0.1) is 5.10 Å². The lowest BCUT2D eigenvalue weighted by atomic mass is 9.89. The van der Waals surface area contributed by atoms with Gasteiger partial charge in [-0.3, -0.25) is 4.90 Å². The van der Waals surface area contributed by atoms with Crippen LogP contribution in [0.4, 0.5) is 4.39 Å². The molecule has 134 valence electrons. The van der Waals surface area contributed by atoms with E-state index in [9.17, 15) is 9.50 Å². The maximum Gasteiger partial charge on any atom is 0.123 e. The van der Waals surface area contributed by atoms with Gasteiger partial charge in [-0.2, -0.15) is 0 Å². The number of phenolic OH excluding ortho intramolecular Hbond substituents is 1. The molecule has 2 heterocycles. The number of piperidine rings is 1. The Hall–Kier alpha value is -2.73. The van der Waals surface area contributed by atoms with Crippen molar-refractivity contribution in [1.29, 1.82) is 0 Å². The Morgan fingerprint density at radius 2 is 1.85 bits per heavy atom. The van der Waals surface area contributed by atoms with Crippen LogP contribution in [0.5, 0.6) is 5.75 Å². The molecule has 0 atom stereocenters. The van der Waals surface area contributed by atoms with Gasteiger partial charge in [-0.1, -0.05) is 17.3 Å². The fraction of sp³-hybridized carbons (Fsp3) is 0.300. The second-order valence-electron chi connectivity index (χ2n) is 6.78. The summed E-state index contributed by atoms with van der Waals surface area (Å²) in [5.41, 5.74) is 2.92. The van der Waals surface area contributed by atoms with E-state index in [0.717, 1.165) is 43.9 Å². The molecule has 2 aromatic carbocycles. The molecule has 1 aromatic heterocycles. The van der Waals surface area contributed by atoms with Gasteiger partial charge in [-0.25, -0.2) is 9.07 Å². The lowest BCUT2D eigenvalue weighted by Crippen LogP contribution is -2.32. The highest BCUT2D eigenvalue weighted by molar-refractivity contribution is 5.31. The van der Waals surface area contributed by atoms with Crippen LogP contribution in [-0.4, -0.2) is 38.1 Å². The average Bonchev–Trinajstić information content (AvgIpc) is 3.11. The van der Waals surface area contributed by atoms with Gasteiger partial charge in [0.05, 0.1) is 17.6 Å². The van der Waals surface area contributed by atoms with E-state index in [1.54, 1.807) is 22.9 Å². The lowest BCUT2D eigenvalue weighted by Gasteiger charge is -2.31. The molecule has 0 radical (unpaired) electrons. The van der Waals surface area contributed by atoms with Crippen LogP contribution in [0, 0.1) is 5.82 Å². The molecule has 0 unspecified atom stereocenters. The zero-order chi connectivity index (χ0) is 17.9. The Balaban J connectivity index is 1.35. The van der Waals surface area contributed by atoms with Gasteiger partial charge in [0, 0.05) is 6.54 Å². The molecule has 0 amide bonds. The molecule has 1 saturated heterocycles. The van der Waals surface area contributed by atoms with E-state index in [1.165, 1.54) is 17.7 Å². The van der Waals surface area contributed by atoms with E-state index in [-0.39, 0.29) is 5.82 Å². The van der Waals surface area contributed by atoms with Crippen molar-refractivity contribution < 1.29 is 9.50 Å². The zero-order valence-electron chi connectivity index (χ0n) is 14.4. The first kappa shape index (κ1) is 16.7. The molecular formula is C20H21FN4O. The SMILES string of the molecule is Oc1cccc(C2CCN(Cc3cn(-c4ccc(F)cc4)nn3)CC2)c1. The molecular weight excluding hydrogens is 331 g/mol. The second kappa shape index (κ2) is 7.25. The van der Waals surface area contributed by atoms with E-state index in [2.05, 4.69) is 21.3 Å². The molecule has 1 aliphatic rings. The molecule has 0 saturated carbocycles. The number of hydrogen-bond acceptors (Lipinski definition) is 4. The molecule has 0 bridgehead atoms. The molecule has 1 N–H and O–H groups in total. The monoisotopic (exact) mass is 352 g/mol. The molecule has 3 aromatic rings. The third-order valence-electron chi connectivity index (χ3n) is 4.95. The summed E-state index contributed by atoms with van der Waals surface area (Å²) in [5.74, 6) is 0.569. The number of likely N-dealkylation sites (tertiary alicyclic amines) is 1. The van der Waals surface area contributed by atoms with Crippen molar-refractivity contribution in [3.63, 3.8) is 0 Å². The van der Waals surface area contributed by atoms with Crippen LogP contribution in [0.2, 0.25) is 0 Å². The Morgan fingerprint density at radius 1 is 1.08 bits per heavy atom. The average molecular weight is 352 g/mol. The van der Waals surface area contributed by atoms with Gasteiger partial charge >= 0.3 is 0 Å². The maximum absolute atomic E-state index is 13.0. The summed E-state index contributed by atoms with van der Waals surface area (Å²) in [6.07, 6.45) is 4.03. The van der Waals surface area contributed by atoms with Crippen molar-refractivity contribution in [3.8, 4) is 11.4 Å². The van der Waals surface area contributed by atoms with Crippen molar-refractivity contribution in [2.45, 2.75) is 25.3 Å². The number of rotatable bonds is 4. The van der Waals surface area contributed by atoms with Crippen LogP contribution in [0.3, 0.4) is 0 Å². The number of nitrogens with zero attached hydrogens (tertiary/aromatic N) is 4. The highest BCUT2D eigenvalue weighted by Crippen LogP contribution is 2.30. The summed E-state index contributed by atoms with van der Waals surface area (Å²) in [4.78, 5) is 2.37. The van der Waals surface area contributed by atoms with Crippen LogP contribution >= 0.6 is 0 Å².